The second kappa shape index (κ2) is 7.00. The van der Waals surface area contributed by atoms with Gasteiger partial charge in [-0.05, 0) is 42.0 Å². The maximum atomic E-state index is 6.04. The van der Waals surface area contributed by atoms with Crippen LogP contribution in [0.3, 0.4) is 0 Å². The Balaban J connectivity index is 1.89. The SMILES string of the molecule is Sc1ccc(-c2sc(-c3cccnc3)nc2-c2ccc(Cl)cc2)cc1. The molecule has 0 spiro atoms. The summed E-state index contributed by atoms with van der Waals surface area (Å²) in [6, 6.07) is 19.9. The third-order valence-corrected chi connectivity index (χ3v) is 5.49. The standard InChI is InChI=1S/C20H13ClN2S2/c21-16-7-3-13(4-8-16)18-19(14-5-9-17(24)10-6-14)25-20(23-18)15-2-1-11-22-12-15/h1-12,24H. The molecule has 0 atom stereocenters. The molecule has 0 fully saturated rings. The second-order valence-corrected chi connectivity index (χ2v) is 7.44. The van der Waals surface area contributed by atoms with Gasteiger partial charge in [0.05, 0.1) is 10.6 Å². The van der Waals surface area contributed by atoms with Crippen molar-refractivity contribution in [3.63, 3.8) is 0 Å². The molecule has 2 heterocycles. The van der Waals surface area contributed by atoms with E-state index < -0.39 is 0 Å². The van der Waals surface area contributed by atoms with E-state index in [-0.39, 0.29) is 0 Å². The summed E-state index contributed by atoms with van der Waals surface area (Å²) in [5.41, 5.74) is 4.13. The predicted octanol–water partition coefficient (Wildman–Crippen LogP) is 6.48. The highest BCUT2D eigenvalue weighted by Crippen LogP contribution is 2.40. The van der Waals surface area contributed by atoms with Crippen molar-refractivity contribution in [2.45, 2.75) is 4.90 Å². The number of thiazole rings is 1. The molecular weight excluding hydrogens is 368 g/mol. The van der Waals surface area contributed by atoms with E-state index in [9.17, 15) is 0 Å². The molecule has 122 valence electrons. The predicted molar refractivity (Wildman–Crippen MR) is 108 cm³/mol. The van der Waals surface area contributed by atoms with Gasteiger partial charge >= 0.3 is 0 Å². The zero-order valence-electron chi connectivity index (χ0n) is 13.1. The Kier molecular flexibility index (Phi) is 4.57. The van der Waals surface area contributed by atoms with Gasteiger partial charge in [0.25, 0.3) is 0 Å². The Hall–Kier alpha value is -2.14. The van der Waals surface area contributed by atoms with Gasteiger partial charge in [0.1, 0.15) is 5.01 Å². The van der Waals surface area contributed by atoms with Crippen LogP contribution in [0.25, 0.3) is 32.3 Å². The topological polar surface area (TPSA) is 25.8 Å². The normalized spacial score (nSPS) is 10.8. The van der Waals surface area contributed by atoms with E-state index in [0.29, 0.717) is 5.02 Å². The van der Waals surface area contributed by atoms with E-state index in [4.69, 9.17) is 16.6 Å². The van der Waals surface area contributed by atoms with Crippen LogP contribution in [0.5, 0.6) is 0 Å². The molecule has 0 saturated carbocycles. The number of hydrogen-bond acceptors (Lipinski definition) is 4. The van der Waals surface area contributed by atoms with Gasteiger partial charge in [-0.25, -0.2) is 4.98 Å². The summed E-state index contributed by atoms with van der Waals surface area (Å²) < 4.78 is 0. The van der Waals surface area contributed by atoms with Crippen molar-refractivity contribution in [1.82, 2.24) is 9.97 Å². The van der Waals surface area contributed by atoms with Crippen LogP contribution in [0.15, 0.2) is 78.0 Å². The maximum absolute atomic E-state index is 6.04. The fraction of sp³-hybridized carbons (Fsp3) is 0. The number of hydrogen-bond donors (Lipinski definition) is 1. The Morgan fingerprint density at radius 3 is 2.24 bits per heavy atom. The quantitative estimate of drug-likeness (QED) is 0.411. The Bertz CT molecular complexity index is 931. The van der Waals surface area contributed by atoms with Crippen molar-refractivity contribution in [1.29, 1.82) is 0 Å². The number of pyridine rings is 1. The van der Waals surface area contributed by atoms with Crippen LogP contribution in [0, 0.1) is 0 Å². The van der Waals surface area contributed by atoms with Gasteiger partial charge in [-0.1, -0.05) is 35.9 Å². The van der Waals surface area contributed by atoms with Crippen LogP contribution >= 0.6 is 35.6 Å². The maximum Gasteiger partial charge on any atom is 0.126 e. The van der Waals surface area contributed by atoms with Crippen molar-refractivity contribution in [3.05, 3.63) is 78.1 Å². The molecule has 2 aromatic heterocycles. The Labute approximate surface area is 160 Å². The van der Waals surface area contributed by atoms with Gasteiger partial charge in [0, 0.05) is 33.4 Å². The zero-order valence-corrected chi connectivity index (χ0v) is 15.5. The molecule has 0 aliphatic rings. The molecule has 0 N–H and O–H groups in total. The van der Waals surface area contributed by atoms with Gasteiger partial charge in [0.15, 0.2) is 0 Å². The molecule has 0 saturated heterocycles. The lowest BCUT2D eigenvalue weighted by atomic mass is 10.1. The molecule has 5 heteroatoms. The monoisotopic (exact) mass is 380 g/mol. The molecule has 0 radical (unpaired) electrons. The highest BCUT2D eigenvalue weighted by atomic mass is 35.5. The molecule has 2 nitrogen and oxygen atoms in total. The van der Waals surface area contributed by atoms with Gasteiger partial charge in [-0.2, -0.15) is 0 Å². The molecule has 0 amide bonds. The van der Waals surface area contributed by atoms with Crippen LogP contribution < -0.4 is 0 Å². The smallest absolute Gasteiger partial charge is 0.126 e. The first-order chi connectivity index (χ1) is 12.2. The van der Waals surface area contributed by atoms with E-state index >= 15 is 0 Å². The highest BCUT2D eigenvalue weighted by molar-refractivity contribution is 7.80. The number of rotatable bonds is 3. The number of aromatic nitrogens is 2. The van der Waals surface area contributed by atoms with Crippen molar-refractivity contribution >= 4 is 35.6 Å². The lowest BCUT2D eigenvalue weighted by molar-refractivity contribution is 1.31. The van der Waals surface area contributed by atoms with Gasteiger partial charge in [-0.15, -0.1) is 24.0 Å². The highest BCUT2D eigenvalue weighted by Gasteiger charge is 2.16. The lowest BCUT2D eigenvalue weighted by Crippen LogP contribution is -1.83. The summed E-state index contributed by atoms with van der Waals surface area (Å²) in [6.07, 6.45) is 3.61. The van der Waals surface area contributed by atoms with E-state index in [1.165, 1.54) is 0 Å². The largest absolute Gasteiger partial charge is 0.264 e. The molecule has 4 rings (SSSR count). The first-order valence-electron chi connectivity index (χ1n) is 7.67. The van der Waals surface area contributed by atoms with Crippen LogP contribution in [0.2, 0.25) is 5.02 Å². The Morgan fingerprint density at radius 1 is 0.840 bits per heavy atom. The van der Waals surface area contributed by atoms with Crippen molar-refractivity contribution in [2.75, 3.05) is 0 Å². The van der Waals surface area contributed by atoms with Gasteiger partial charge in [-0.3, -0.25) is 4.98 Å². The number of nitrogens with zero attached hydrogens (tertiary/aromatic N) is 2. The van der Waals surface area contributed by atoms with Crippen molar-refractivity contribution in [3.8, 4) is 32.3 Å². The zero-order chi connectivity index (χ0) is 17.2. The first-order valence-corrected chi connectivity index (χ1v) is 9.31. The average molecular weight is 381 g/mol. The van der Waals surface area contributed by atoms with Crippen LogP contribution in [-0.4, -0.2) is 9.97 Å². The fourth-order valence-electron chi connectivity index (χ4n) is 2.54. The number of benzene rings is 2. The molecule has 2 aromatic carbocycles. The molecular formula is C20H13ClN2S2. The fourth-order valence-corrected chi connectivity index (χ4v) is 3.90. The minimum atomic E-state index is 0.715. The first kappa shape index (κ1) is 16.3. The average Bonchev–Trinajstić information content (AvgIpc) is 3.09. The van der Waals surface area contributed by atoms with Crippen LogP contribution in [0.4, 0.5) is 0 Å². The summed E-state index contributed by atoms with van der Waals surface area (Å²) in [4.78, 5) is 11.2. The molecule has 0 aliphatic carbocycles. The minimum Gasteiger partial charge on any atom is -0.264 e. The summed E-state index contributed by atoms with van der Waals surface area (Å²) in [6.45, 7) is 0. The molecule has 0 bridgehead atoms. The van der Waals surface area contributed by atoms with Crippen molar-refractivity contribution < 1.29 is 0 Å². The molecule has 25 heavy (non-hydrogen) atoms. The van der Waals surface area contributed by atoms with Gasteiger partial charge in [0.2, 0.25) is 0 Å². The summed E-state index contributed by atoms with van der Waals surface area (Å²) >= 11 is 12.1. The summed E-state index contributed by atoms with van der Waals surface area (Å²) in [5, 5.41) is 1.66. The van der Waals surface area contributed by atoms with Crippen LogP contribution in [0.1, 0.15) is 0 Å². The van der Waals surface area contributed by atoms with E-state index in [0.717, 1.165) is 37.2 Å². The van der Waals surface area contributed by atoms with E-state index in [2.05, 4.69) is 29.7 Å². The third-order valence-electron chi connectivity index (χ3n) is 3.78. The van der Waals surface area contributed by atoms with Crippen LogP contribution in [-0.2, 0) is 0 Å². The number of halogens is 1. The number of thiol groups is 1. The van der Waals surface area contributed by atoms with Gasteiger partial charge < -0.3 is 0 Å². The van der Waals surface area contributed by atoms with E-state index in [1.807, 2.05) is 54.7 Å². The summed E-state index contributed by atoms with van der Waals surface area (Å²) in [7, 11) is 0. The Morgan fingerprint density at radius 2 is 1.56 bits per heavy atom. The second-order valence-electron chi connectivity index (χ2n) is 5.49. The minimum absolute atomic E-state index is 0.715. The van der Waals surface area contributed by atoms with E-state index in [1.54, 1.807) is 17.5 Å². The third kappa shape index (κ3) is 3.47. The molecule has 0 unspecified atom stereocenters. The molecule has 4 aromatic rings. The lowest BCUT2D eigenvalue weighted by Gasteiger charge is -2.03. The van der Waals surface area contributed by atoms with Crippen molar-refractivity contribution in [2.24, 2.45) is 0 Å². The summed E-state index contributed by atoms with van der Waals surface area (Å²) in [5.74, 6) is 0. The molecule has 0 aliphatic heterocycles.